The molecule has 0 heterocycles. The molecule has 2 aromatic carbocycles. The van der Waals surface area contributed by atoms with Gasteiger partial charge in [0.1, 0.15) is 22.3 Å². The van der Waals surface area contributed by atoms with Gasteiger partial charge in [0, 0.05) is 0 Å². The zero-order chi connectivity index (χ0) is 19.9. The number of carbonyl (C=O) groups excluding carboxylic acids is 1. The first-order chi connectivity index (χ1) is 12.9. The lowest BCUT2D eigenvalue weighted by Gasteiger charge is -2.07. The van der Waals surface area contributed by atoms with Crippen molar-refractivity contribution in [3.05, 3.63) is 71.1 Å². The second kappa shape index (κ2) is 8.65. The number of hydrogen-bond acceptors (Lipinski definition) is 6. The summed E-state index contributed by atoms with van der Waals surface area (Å²) in [7, 11) is -4.06. The Kier molecular flexibility index (Phi) is 6.32. The molecule has 0 aliphatic heterocycles. The molecule has 2 aromatic rings. The summed E-state index contributed by atoms with van der Waals surface area (Å²) >= 11 is 0. The van der Waals surface area contributed by atoms with Crippen molar-refractivity contribution in [2.24, 2.45) is 0 Å². The van der Waals surface area contributed by atoms with Gasteiger partial charge >= 0.3 is 16.1 Å². The first-order valence-corrected chi connectivity index (χ1v) is 9.11. The van der Waals surface area contributed by atoms with Crippen molar-refractivity contribution in [1.29, 1.82) is 5.26 Å². The van der Waals surface area contributed by atoms with Crippen LogP contribution in [0.1, 0.15) is 12.5 Å². The molecule has 7 nitrogen and oxygen atoms in total. The highest BCUT2D eigenvalue weighted by molar-refractivity contribution is 7.87. The van der Waals surface area contributed by atoms with Crippen LogP contribution in [0.3, 0.4) is 0 Å². The Labute approximate surface area is 157 Å². The summed E-state index contributed by atoms with van der Waals surface area (Å²) in [6.45, 7) is 8.64. The predicted octanol–water partition coefficient (Wildman–Crippen LogP) is 3.48. The van der Waals surface area contributed by atoms with E-state index in [-0.39, 0.29) is 22.8 Å². The topological polar surface area (TPSA) is 97.8 Å². The van der Waals surface area contributed by atoms with Crippen molar-refractivity contribution in [3.8, 4) is 11.8 Å². The van der Waals surface area contributed by atoms with Crippen LogP contribution in [0, 0.1) is 17.9 Å². The summed E-state index contributed by atoms with van der Waals surface area (Å²) < 4.78 is 34.4. The lowest BCUT2D eigenvalue weighted by atomic mass is 10.1. The Balaban J connectivity index is 2.21. The minimum Gasteiger partial charge on any atom is -0.462 e. The molecule has 27 heavy (non-hydrogen) atoms. The zero-order valence-electron chi connectivity index (χ0n) is 14.2. The molecule has 136 valence electrons. The van der Waals surface area contributed by atoms with Gasteiger partial charge in [-0.2, -0.15) is 13.7 Å². The zero-order valence-corrected chi connectivity index (χ0v) is 15.1. The molecule has 2 rings (SSSR count). The smallest absolute Gasteiger partial charge is 0.348 e. The third kappa shape index (κ3) is 5.18. The summed E-state index contributed by atoms with van der Waals surface area (Å²) in [6.07, 6.45) is 1.30. The molecule has 0 spiro atoms. The van der Waals surface area contributed by atoms with Crippen molar-refractivity contribution < 1.29 is 22.1 Å². The number of hydrogen-bond donors (Lipinski definition) is 0. The molecular formula is C19H14N2O5S. The number of nitriles is 1. The van der Waals surface area contributed by atoms with E-state index >= 15 is 0 Å². The molecular weight excluding hydrogens is 368 g/mol. The van der Waals surface area contributed by atoms with Gasteiger partial charge in [0.15, 0.2) is 5.69 Å². The average Bonchev–Trinajstić information content (AvgIpc) is 2.67. The summed E-state index contributed by atoms with van der Waals surface area (Å²) in [5.41, 5.74) is 0.634. The van der Waals surface area contributed by atoms with E-state index in [1.807, 2.05) is 0 Å². The summed E-state index contributed by atoms with van der Waals surface area (Å²) in [4.78, 5) is 14.7. The summed E-state index contributed by atoms with van der Waals surface area (Å²) in [6, 6.07) is 12.9. The molecule has 0 saturated heterocycles. The lowest BCUT2D eigenvalue weighted by Crippen LogP contribution is -2.09. The largest absolute Gasteiger partial charge is 0.462 e. The fraction of sp³-hybridized carbons (Fsp3) is 0.105. The van der Waals surface area contributed by atoms with Crippen molar-refractivity contribution in [1.82, 2.24) is 0 Å². The lowest BCUT2D eigenvalue weighted by molar-refractivity contribution is -0.137. The molecule has 0 amide bonds. The van der Waals surface area contributed by atoms with Crippen LogP contribution in [0.15, 0.2) is 59.0 Å². The standard InChI is InChI=1S/C19H14N2O5S/c1-3-25-19(22)15(13-20)12-14-4-10-18(11-5-14)27(23,24)26-17-8-6-16(21-2)7-9-17/h4-12H,3H2,1H3. The van der Waals surface area contributed by atoms with Gasteiger partial charge in [-0.3, -0.25) is 0 Å². The van der Waals surface area contributed by atoms with E-state index in [1.165, 1.54) is 54.6 Å². The van der Waals surface area contributed by atoms with Gasteiger partial charge in [0.05, 0.1) is 13.2 Å². The van der Waals surface area contributed by atoms with E-state index in [9.17, 15) is 13.2 Å². The third-order valence-corrected chi connectivity index (χ3v) is 4.53. The van der Waals surface area contributed by atoms with Crippen LogP contribution in [-0.4, -0.2) is 21.0 Å². The Morgan fingerprint density at radius 3 is 2.33 bits per heavy atom. The van der Waals surface area contributed by atoms with Crippen LogP contribution in [0.5, 0.6) is 5.75 Å². The Morgan fingerprint density at radius 1 is 1.19 bits per heavy atom. The number of benzene rings is 2. The quantitative estimate of drug-likeness (QED) is 0.249. The van der Waals surface area contributed by atoms with Crippen LogP contribution < -0.4 is 4.18 Å². The van der Waals surface area contributed by atoms with Crippen LogP contribution >= 0.6 is 0 Å². The molecule has 0 bridgehead atoms. The number of carbonyl (C=O) groups is 1. The molecule has 0 fully saturated rings. The molecule has 8 heteroatoms. The van der Waals surface area contributed by atoms with E-state index in [0.717, 1.165) is 0 Å². The van der Waals surface area contributed by atoms with Crippen LogP contribution in [0.25, 0.3) is 10.9 Å². The number of esters is 1. The van der Waals surface area contributed by atoms with Gasteiger partial charge in [0.25, 0.3) is 0 Å². The van der Waals surface area contributed by atoms with Gasteiger partial charge in [-0.1, -0.05) is 24.3 Å². The number of rotatable bonds is 6. The van der Waals surface area contributed by atoms with Gasteiger partial charge in [-0.05, 0) is 42.8 Å². The average molecular weight is 382 g/mol. The van der Waals surface area contributed by atoms with Crippen molar-refractivity contribution in [3.63, 3.8) is 0 Å². The van der Waals surface area contributed by atoms with Crippen LogP contribution in [0.2, 0.25) is 0 Å². The fourth-order valence-electron chi connectivity index (χ4n) is 1.99. The van der Waals surface area contributed by atoms with Crippen molar-refractivity contribution >= 4 is 27.9 Å². The molecule has 0 aliphatic carbocycles. The van der Waals surface area contributed by atoms with E-state index in [2.05, 4.69) is 4.85 Å². The summed E-state index contributed by atoms with van der Waals surface area (Å²) in [5, 5.41) is 9.02. The molecule has 0 radical (unpaired) electrons. The molecule has 0 unspecified atom stereocenters. The monoisotopic (exact) mass is 382 g/mol. The van der Waals surface area contributed by atoms with E-state index in [4.69, 9.17) is 20.8 Å². The van der Waals surface area contributed by atoms with E-state index in [0.29, 0.717) is 11.3 Å². The number of nitrogens with zero attached hydrogens (tertiary/aromatic N) is 2. The molecule has 0 aromatic heterocycles. The normalized spacial score (nSPS) is 11.1. The molecule has 0 aliphatic rings. The van der Waals surface area contributed by atoms with Gasteiger partial charge in [-0.25, -0.2) is 9.64 Å². The highest BCUT2D eigenvalue weighted by atomic mass is 32.2. The maximum Gasteiger partial charge on any atom is 0.348 e. The van der Waals surface area contributed by atoms with Crippen molar-refractivity contribution in [2.45, 2.75) is 11.8 Å². The van der Waals surface area contributed by atoms with Crippen LogP contribution in [0.4, 0.5) is 5.69 Å². The van der Waals surface area contributed by atoms with Gasteiger partial charge in [0.2, 0.25) is 0 Å². The van der Waals surface area contributed by atoms with Crippen molar-refractivity contribution in [2.75, 3.05) is 6.61 Å². The molecule has 0 N–H and O–H groups in total. The highest BCUT2D eigenvalue weighted by Gasteiger charge is 2.17. The predicted molar refractivity (Wildman–Crippen MR) is 97.2 cm³/mol. The Morgan fingerprint density at radius 2 is 1.81 bits per heavy atom. The first-order valence-electron chi connectivity index (χ1n) is 7.70. The first kappa shape index (κ1) is 19.7. The van der Waals surface area contributed by atoms with E-state index in [1.54, 1.807) is 13.0 Å². The third-order valence-electron chi connectivity index (χ3n) is 3.27. The molecule has 0 atom stereocenters. The van der Waals surface area contributed by atoms with Gasteiger partial charge in [-0.15, -0.1) is 0 Å². The number of ether oxygens (including phenoxy) is 1. The highest BCUT2D eigenvalue weighted by Crippen LogP contribution is 2.22. The Hall–Kier alpha value is -3.62. The second-order valence-electron chi connectivity index (χ2n) is 5.10. The minimum absolute atomic E-state index is 0.0838. The molecule has 0 saturated carbocycles. The van der Waals surface area contributed by atoms with Crippen LogP contribution in [-0.2, 0) is 19.6 Å². The Bertz CT molecular complexity index is 1040. The maximum atomic E-state index is 12.3. The second-order valence-corrected chi connectivity index (χ2v) is 6.65. The summed E-state index contributed by atoms with van der Waals surface area (Å²) in [5.74, 6) is -0.664. The van der Waals surface area contributed by atoms with Gasteiger partial charge < -0.3 is 8.92 Å². The fourth-order valence-corrected chi connectivity index (χ4v) is 2.92. The maximum absolute atomic E-state index is 12.3. The minimum atomic E-state index is -4.06. The van der Waals surface area contributed by atoms with E-state index < -0.39 is 16.1 Å². The SMILES string of the molecule is [C-]#[N+]c1ccc(OS(=O)(=O)c2ccc(C=C(C#N)C(=O)OCC)cc2)cc1.